The van der Waals surface area contributed by atoms with Crippen LogP contribution in [0, 0.1) is 0 Å². The van der Waals surface area contributed by atoms with Crippen LogP contribution in [0.5, 0.6) is 0 Å². The molecular weight excluding hydrogens is 256 g/mol. The Labute approximate surface area is 116 Å². The van der Waals surface area contributed by atoms with Gasteiger partial charge >= 0.3 is 0 Å². The maximum Gasteiger partial charge on any atom is 0.227 e. The van der Waals surface area contributed by atoms with E-state index >= 15 is 0 Å². The van der Waals surface area contributed by atoms with E-state index in [0.717, 1.165) is 16.1 Å². The maximum atomic E-state index is 12.0. The third kappa shape index (κ3) is 2.37. The van der Waals surface area contributed by atoms with Crippen molar-refractivity contribution in [2.45, 2.75) is 16.2 Å². The Morgan fingerprint density at radius 3 is 2.53 bits per heavy atom. The molecule has 3 nitrogen and oxygen atoms in total. The number of nitrogens with one attached hydrogen (secondary N) is 1. The van der Waals surface area contributed by atoms with E-state index in [1.165, 1.54) is 11.8 Å². The quantitative estimate of drug-likeness (QED) is 0.837. The van der Waals surface area contributed by atoms with Gasteiger partial charge in [-0.2, -0.15) is 0 Å². The van der Waals surface area contributed by atoms with E-state index in [1.54, 1.807) is 0 Å². The van der Waals surface area contributed by atoms with Crippen molar-refractivity contribution in [1.29, 1.82) is 0 Å². The molecule has 0 spiro atoms. The molecule has 1 amide bonds. The summed E-state index contributed by atoms with van der Waals surface area (Å²) in [5.74, 6) is -0.0520. The number of fused-ring (bicyclic) bond motifs is 1. The number of anilines is 1. The standard InChI is InChI=1S/C15H14N2OS/c16-15(11-6-2-1-3-7-11)10-14(18)17-12-8-4-5-9-13(12)19-15/h1-9H,10,16H2,(H,17,18). The lowest BCUT2D eigenvalue weighted by Gasteiger charge is -2.26. The van der Waals surface area contributed by atoms with Crippen LogP contribution in [-0.4, -0.2) is 5.91 Å². The molecule has 1 aliphatic heterocycles. The van der Waals surface area contributed by atoms with Gasteiger partial charge in [0.1, 0.15) is 4.87 Å². The monoisotopic (exact) mass is 270 g/mol. The number of carbonyl (C=O) groups excluding carboxylic acids is 1. The fraction of sp³-hybridized carbons (Fsp3) is 0.133. The lowest BCUT2D eigenvalue weighted by atomic mass is 10.0. The van der Waals surface area contributed by atoms with Crippen molar-refractivity contribution in [3.05, 3.63) is 60.2 Å². The zero-order chi connectivity index (χ0) is 13.3. The van der Waals surface area contributed by atoms with Gasteiger partial charge in [0, 0.05) is 4.90 Å². The van der Waals surface area contributed by atoms with Crippen LogP contribution in [0.25, 0.3) is 0 Å². The fourth-order valence-corrected chi connectivity index (χ4v) is 3.43. The molecule has 4 heteroatoms. The average molecular weight is 270 g/mol. The third-order valence-corrected chi connectivity index (χ3v) is 4.46. The van der Waals surface area contributed by atoms with Crippen LogP contribution < -0.4 is 11.1 Å². The van der Waals surface area contributed by atoms with Crippen molar-refractivity contribution < 1.29 is 4.79 Å². The molecule has 0 saturated carbocycles. The lowest BCUT2D eigenvalue weighted by Crippen LogP contribution is -2.35. The summed E-state index contributed by atoms with van der Waals surface area (Å²) in [4.78, 5) is 12.3. The average Bonchev–Trinajstić information content (AvgIpc) is 2.55. The molecule has 1 atom stereocenters. The second kappa shape index (κ2) is 4.72. The van der Waals surface area contributed by atoms with Crippen molar-refractivity contribution in [1.82, 2.24) is 0 Å². The number of rotatable bonds is 1. The number of benzene rings is 2. The van der Waals surface area contributed by atoms with E-state index in [0.29, 0.717) is 0 Å². The molecular formula is C15H14N2OS. The summed E-state index contributed by atoms with van der Waals surface area (Å²) in [6.45, 7) is 0. The zero-order valence-electron chi connectivity index (χ0n) is 10.3. The van der Waals surface area contributed by atoms with Gasteiger partial charge in [0.05, 0.1) is 12.1 Å². The summed E-state index contributed by atoms with van der Waals surface area (Å²) in [7, 11) is 0. The topological polar surface area (TPSA) is 55.1 Å². The van der Waals surface area contributed by atoms with Crippen LogP contribution in [0.15, 0.2) is 59.5 Å². The Morgan fingerprint density at radius 1 is 1.05 bits per heavy atom. The van der Waals surface area contributed by atoms with Gasteiger partial charge in [-0.3, -0.25) is 4.79 Å². The van der Waals surface area contributed by atoms with E-state index in [-0.39, 0.29) is 12.3 Å². The molecule has 1 heterocycles. The van der Waals surface area contributed by atoms with Gasteiger partial charge in [-0.25, -0.2) is 0 Å². The van der Waals surface area contributed by atoms with Gasteiger partial charge in [-0.1, -0.05) is 54.2 Å². The molecule has 1 aliphatic rings. The van der Waals surface area contributed by atoms with Crippen molar-refractivity contribution in [3.8, 4) is 0 Å². The van der Waals surface area contributed by atoms with Gasteiger partial charge in [0.2, 0.25) is 5.91 Å². The zero-order valence-corrected chi connectivity index (χ0v) is 11.1. The Balaban J connectivity index is 2.07. The highest BCUT2D eigenvalue weighted by Gasteiger charge is 2.34. The first-order valence-electron chi connectivity index (χ1n) is 6.10. The number of nitrogens with two attached hydrogens (primary N) is 1. The Hall–Kier alpha value is -1.78. The first kappa shape index (κ1) is 12.3. The molecule has 3 rings (SSSR count). The van der Waals surface area contributed by atoms with Crippen molar-refractivity contribution in [2.24, 2.45) is 5.73 Å². The largest absolute Gasteiger partial charge is 0.325 e. The van der Waals surface area contributed by atoms with Crippen molar-refractivity contribution in [2.75, 3.05) is 5.32 Å². The number of para-hydroxylation sites is 1. The molecule has 96 valence electrons. The molecule has 19 heavy (non-hydrogen) atoms. The summed E-state index contributed by atoms with van der Waals surface area (Å²) >= 11 is 1.53. The van der Waals surface area contributed by atoms with E-state index in [9.17, 15) is 4.79 Å². The van der Waals surface area contributed by atoms with Crippen molar-refractivity contribution in [3.63, 3.8) is 0 Å². The minimum Gasteiger partial charge on any atom is -0.325 e. The van der Waals surface area contributed by atoms with Crippen LogP contribution in [0.1, 0.15) is 12.0 Å². The summed E-state index contributed by atoms with van der Waals surface area (Å²) in [5, 5.41) is 2.91. The van der Waals surface area contributed by atoms with Crippen molar-refractivity contribution >= 4 is 23.4 Å². The number of thioether (sulfide) groups is 1. The highest BCUT2D eigenvalue weighted by atomic mass is 32.2. The highest BCUT2D eigenvalue weighted by Crippen LogP contribution is 2.44. The van der Waals surface area contributed by atoms with Crippen LogP contribution in [0.2, 0.25) is 0 Å². The molecule has 3 N–H and O–H groups in total. The summed E-state index contributed by atoms with van der Waals surface area (Å²) in [5.41, 5.74) is 8.29. The Kier molecular flexibility index (Phi) is 3.05. The fourth-order valence-electron chi connectivity index (χ4n) is 2.21. The number of hydrogen-bond donors (Lipinski definition) is 2. The van der Waals surface area contributed by atoms with Crippen LogP contribution in [-0.2, 0) is 9.67 Å². The second-order valence-corrected chi connectivity index (χ2v) is 5.95. The van der Waals surface area contributed by atoms with E-state index in [4.69, 9.17) is 5.73 Å². The Bertz CT molecular complexity index is 615. The minimum atomic E-state index is -0.724. The molecule has 0 saturated heterocycles. The summed E-state index contributed by atoms with van der Waals surface area (Å²) in [6, 6.07) is 17.5. The van der Waals surface area contributed by atoms with Crippen LogP contribution in [0.4, 0.5) is 5.69 Å². The molecule has 0 radical (unpaired) electrons. The van der Waals surface area contributed by atoms with E-state index in [1.807, 2.05) is 54.6 Å². The van der Waals surface area contributed by atoms with Gasteiger partial charge in [0.25, 0.3) is 0 Å². The molecule has 1 unspecified atom stereocenters. The second-order valence-electron chi connectivity index (χ2n) is 4.58. The lowest BCUT2D eigenvalue weighted by molar-refractivity contribution is -0.116. The van der Waals surface area contributed by atoms with Gasteiger partial charge in [0.15, 0.2) is 0 Å². The first-order valence-corrected chi connectivity index (χ1v) is 6.91. The Morgan fingerprint density at radius 2 is 1.74 bits per heavy atom. The molecule has 0 bridgehead atoms. The van der Waals surface area contributed by atoms with E-state index in [2.05, 4.69) is 5.32 Å². The van der Waals surface area contributed by atoms with Gasteiger partial charge in [-0.05, 0) is 17.7 Å². The predicted octanol–water partition coefficient (Wildman–Crippen LogP) is 2.93. The van der Waals surface area contributed by atoms with Crippen LogP contribution in [0.3, 0.4) is 0 Å². The molecule has 2 aromatic rings. The molecule has 0 fully saturated rings. The number of carbonyl (C=O) groups is 1. The van der Waals surface area contributed by atoms with E-state index < -0.39 is 4.87 Å². The molecule has 0 aromatic heterocycles. The highest BCUT2D eigenvalue weighted by molar-refractivity contribution is 8.00. The van der Waals surface area contributed by atoms with Crippen LogP contribution >= 0.6 is 11.8 Å². The first-order chi connectivity index (χ1) is 9.17. The predicted molar refractivity (Wildman–Crippen MR) is 77.9 cm³/mol. The maximum absolute atomic E-state index is 12.0. The SMILES string of the molecule is NC1(c2ccccc2)CC(=O)Nc2ccccc2S1. The summed E-state index contributed by atoms with van der Waals surface area (Å²) in [6.07, 6.45) is 0.260. The number of hydrogen-bond acceptors (Lipinski definition) is 3. The number of amides is 1. The summed E-state index contributed by atoms with van der Waals surface area (Å²) < 4.78 is 0. The molecule has 0 aliphatic carbocycles. The third-order valence-electron chi connectivity index (χ3n) is 3.14. The minimum absolute atomic E-state index is 0.0520. The van der Waals surface area contributed by atoms with Gasteiger partial charge < -0.3 is 11.1 Å². The molecule has 2 aromatic carbocycles. The smallest absolute Gasteiger partial charge is 0.227 e. The normalized spacial score (nSPS) is 22.3. The van der Waals surface area contributed by atoms with Gasteiger partial charge in [-0.15, -0.1) is 0 Å².